The highest BCUT2D eigenvalue weighted by molar-refractivity contribution is 6.39. The lowest BCUT2D eigenvalue weighted by molar-refractivity contribution is -0.130. The molecular weight excluding hydrogens is 330 g/mol. The minimum Gasteiger partial charge on any atom is -0.380 e. The van der Waals surface area contributed by atoms with E-state index in [1.807, 2.05) is 0 Å². The van der Waals surface area contributed by atoms with Gasteiger partial charge in [-0.15, -0.1) is 0 Å². The molecule has 2 aliphatic heterocycles. The molecule has 0 aliphatic carbocycles. The molecule has 0 bridgehead atoms. The van der Waals surface area contributed by atoms with Crippen molar-refractivity contribution in [1.29, 1.82) is 0 Å². The smallest absolute Gasteiger partial charge is 0.270 e. The molecular formula is C17H20F2N4O2. The maximum Gasteiger partial charge on any atom is 0.270 e. The number of likely N-dealkylation sites (tertiary alicyclic amines) is 1. The van der Waals surface area contributed by atoms with Gasteiger partial charge in [0, 0.05) is 50.8 Å². The molecule has 1 atom stereocenters. The summed E-state index contributed by atoms with van der Waals surface area (Å²) in [6.07, 6.45) is 2.26. The monoisotopic (exact) mass is 350 g/mol. The van der Waals surface area contributed by atoms with Crippen molar-refractivity contribution in [2.24, 2.45) is 5.10 Å². The number of hydrazone groups is 1. The Balaban J connectivity index is 1.64. The predicted octanol–water partition coefficient (Wildman–Crippen LogP) is 1.98. The number of carbonyl (C=O) groups excluding carboxylic acids is 2. The Bertz CT molecular complexity index is 723. The molecule has 2 heterocycles. The molecule has 1 N–H and O–H groups in total. The lowest BCUT2D eigenvalue weighted by atomic mass is 10.0. The van der Waals surface area contributed by atoms with Crippen LogP contribution in [-0.4, -0.2) is 53.6 Å². The van der Waals surface area contributed by atoms with Gasteiger partial charge >= 0.3 is 0 Å². The third-order valence-corrected chi connectivity index (χ3v) is 4.45. The molecule has 134 valence electrons. The molecule has 25 heavy (non-hydrogen) atoms. The number of nitrogens with zero attached hydrogens (tertiary/aromatic N) is 3. The third-order valence-electron chi connectivity index (χ3n) is 4.45. The first kappa shape index (κ1) is 17.3. The first-order chi connectivity index (χ1) is 11.9. The predicted molar refractivity (Wildman–Crippen MR) is 89.0 cm³/mol. The Labute approximate surface area is 144 Å². The lowest BCUT2D eigenvalue weighted by Crippen LogP contribution is -2.48. The third kappa shape index (κ3) is 3.94. The van der Waals surface area contributed by atoms with Crippen LogP contribution in [0.25, 0.3) is 0 Å². The number of rotatable bonds is 3. The molecule has 2 aliphatic rings. The quantitative estimate of drug-likeness (QED) is 0.907. The molecule has 8 heteroatoms. The molecule has 1 saturated heterocycles. The SMILES string of the molecule is CN1N=C(C(=O)N2CCC[C@@H](Nc3ccc(F)c(F)c3)C2)CCC1=O. The topological polar surface area (TPSA) is 65.0 Å². The van der Waals surface area contributed by atoms with Crippen LogP contribution in [0, 0.1) is 11.6 Å². The summed E-state index contributed by atoms with van der Waals surface area (Å²) in [5.74, 6) is -2.07. The maximum absolute atomic E-state index is 13.3. The molecule has 0 spiro atoms. The standard InChI is InChI=1S/C17H20F2N4O2/c1-22-16(24)7-6-15(21-22)17(25)23-8-2-3-12(10-23)20-11-4-5-13(18)14(19)9-11/h4-5,9,12,20H,2-3,6-8,10H2,1H3/t12-/m1/s1. The van der Waals surface area contributed by atoms with Crippen LogP contribution in [-0.2, 0) is 9.59 Å². The fourth-order valence-electron chi connectivity index (χ4n) is 3.11. The molecule has 0 unspecified atom stereocenters. The highest BCUT2D eigenvalue weighted by atomic mass is 19.2. The van der Waals surface area contributed by atoms with Gasteiger partial charge in [-0.3, -0.25) is 9.59 Å². The molecule has 6 nitrogen and oxygen atoms in total. The lowest BCUT2D eigenvalue weighted by Gasteiger charge is -2.34. The Hall–Kier alpha value is -2.51. The normalized spacial score (nSPS) is 21.2. The summed E-state index contributed by atoms with van der Waals surface area (Å²) in [5, 5.41) is 8.42. The summed E-state index contributed by atoms with van der Waals surface area (Å²) in [5.41, 5.74) is 0.870. The molecule has 1 aromatic rings. The number of anilines is 1. The molecule has 3 rings (SSSR count). The van der Waals surface area contributed by atoms with Gasteiger partial charge in [-0.1, -0.05) is 0 Å². The molecule has 1 fully saturated rings. The number of benzene rings is 1. The number of amides is 2. The number of piperidine rings is 1. The molecule has 0 saturated carbocycles. The van der Waals surface area contributed by atoms with Crippen molar-refractivity contribution < 1.29 is 18.4 Å². The van der Waals surface area contributed by atoms with Gasteiger partial charge in [-0.2, -0.15) is 5.10 Å². The summed E-state index contributed by atoms with van der Waals surface area (Å²) >= 11 is 0. The van der Waals surface area contributed by atoms with Gasteiger partial charge in [0.15, 0.2) is 11.6 Å². The minimum absolute atomic E-state index is 0.0499. The van der Waals surface area contributed by atoms with E-state index in [9.17, 15) is 18.4 Å². The summed E-state index contributed by atoms with van der Waals surface area (Å²) in [6, 6.07) is 3.62. The Morgan fingerprint density at radius 3 is 2.80 bits per heavy atom. The fraction of sp³-hybridized carbons (Fsp3) is 0.471. The van der Waals surface area contributed by atoms with Crippen molar-refractivity contribution in [3.8, 4) is 0 Å². The first-order valence-electron chi connectivity index (χ1n) is 8.29. The number of halogens is 2. The molecule has 1 aromatic carbocycles. The van der Waals surface area contributed by atoms with E-state index >= 15 is 0 Å². The van der Waals surface area contributed by atoms with Crippen LogP contribution in [0.15, 0.2) is 23.3 Å². The van der Waals surface area contributed by atoms with E-state index in [0.29, 0.717) is 30.9 Å². The number of nitrogens with one attached hydrogen (secondary N) is 1. The van der Waals surface area contributed by atoms with Crippen molar-refractivity contribution in [2.45, 2.75) is 31.7 Å². The van der Waals surface area contributed by atoms with Gasteiger partial charge in [0.05, 0.1) is 0 Å². The van der Waals surface area contributed by atoms with Crippen LogP contribution >= 0.6 is 0 Å². The van der Waals surface area contributed by atoms with E-state index in [0.717, 1.165) is 25.0 Å². The molecule has 2 amide bonds. The van der Waals surface area contributed by atoms with Crippen molar-refractivity contribution in [3.05, 3.63) is 29.8 Å². The van der Waals surface area contributed by atoms with Gasteiger partial charge in [-0.05, 0) is 25.0 Å². The van der Waals surface area contributed by atoms with Crippen LogP contribution in [0.1, 0.15) is 25.7 Å². The number of hydrogen-bond acceptors (Lipinski definition) is 4. The summed E-state index contributed by atoms with van der Waals surface area (Å²) in [4.78, 5) is 25.8. The summed E-state index contributed by atoms with van der Waals surface area (Å²) in [7, 11) is 1.54. The largest absolute Gasteiger partial charge is 0.380 e. The van der Waals surface area contributed by atoms with E-state index in [4.69, 9.17) is 0 Å². The average molecular weight is 350 g/mol. The highest BCUT2D eigenvalue weighted by Crippen LogP contribution is 2.19. The van der Waals surface area contributed by atoms with Crippen LogP contribution < -0.4 is 5.32 Å². The van der Waals surface area contributed by atoms with Crippen molar-refractivity contribution >= 4 is 23.2 Å². The van der Waals surface area contributed by atoms with E-state index < -0.39 is 11.6 Å². The molecule has 0 radical (unpaired) electrons. The average Bonchev–Trinajstić information content (AvgIpc) is 2.60. The van der Waals surface area contributed by atoms with Crippen LogP contribution in [0.4, 0.5) is 14.5 Å². The van der Waals surface area contributed by atoms with E-state index in [-0.39, 0.29) is 24.3 Å². The van der Waals surface area contributed by atoms with Crippen LogP contribution in [0.3, 0.4) is 0 Å². The second kappa shape index (κ2) is 7.16. The Morgan fingerprint density at radius 2 is 2.08 bits per heavy atom. The zero-order chi connectivity index (χ0) is 18.0. The van der Waals surface area contributed by atoms with E-state index in [1.165, 1.54) is 11.1 Å². The van der Waals surface area contributed by atoms with E-state index in [2.05, 4.69) is 10.4 Å². The van der Waals surface area contributed by atoms with Crippen molar-refractivity contribution in [3.63, 3.8) is 0 Å². The maximum atomic E-state index is 13.3. The van der Waals surface area contributed by atoms with Gasteiger partial charge in [-0.25, -0.2) is 13.8 Å². The Morgan fingerprint density at radius 1 is 1.28 bits per heavy atom. The van der Waals surface area contributed by atoms with Crippen molar-refractivity contribution in [1.82, 2.24) is 9.91 Å². The Kier molecular flexibility index (Phi) is 4.96. The van der Waals surface area contributed by atoms with Gasteiger partial charge in [0.25, 0.3) is 5.91 Å². The van der Waals surface area contributed by atoms with Crippen LogP contribution in [0.5, 0.6) is 0 Å². The molecule has 0 aromatic heterocycles. The zero-order valence-corrected chi connectivity index (χ0v) is 14.0. The van der Waals surface area contributed by atoms with Gasteiger partial charge in [0.1, 0.15) is 5.71 Å². The van der Waals surface area contributed by atoms with Gasteiger partial charge < -0.3 is 10.2 Å². The number of carbonyl (C=O) groups is 2. The van der Waals surface area contributed by atoms with Gasteiger partial charge in [0.2, 0.25) is 5.91 Å². The van der Waals surface area contributed by atoms with E-state index in [1.54, 1.807) is 11.9 Å². The highest BCUT2D eigenvalue weighted by Gasteiger charge is 2.29. The fourth-order valence-corrected chi connectivity index (χ4v) is 3.11. The summed E-state index contributed by atoms with van der Waals surface area (Å²) < 4.78 is 26.3. The second-order valence-electron chi connectivity index (χ2n) is 6.33. The second-order valence-corrected chi connectivity index (χ2v) is 6.33. The number of hydrogen-bond donors (Lipinski definition) is 1. The van der Waals surface area contributed by atoms with Crippen molar-refractivity contribution in [2.75, 3.05) is 25.5 Å². The zero-order valence-electron chi connectivity index (χ0n) is 14.0. The van der Waals surface area contributed by atoms with Crippen LogP contribution in [0.2, 0.25) is 0 Å². The summed E-state index contributed by atoms with van der Waals surface area (Å²) in [6.45, 7) is 1.07. The minimum atomic E-state index is -0.905. The first-order valence-corrected chi connectivity index (χ1v) is 8.29.